The van der Waals surface area contributed by atoms with Gasteiger partial charge in [-0.1, -0.05) is 31.0 Å². The van der Waals surface area contributed by atoms with E-state index >= 15 is 0 Å². The number of hydrogen-bond donors (Lipinski definition) is 0. The lowest BCUT2D eigenvalue weighted by Crippen LogP contribution is -2.29. The van der Waals surface area contributed by atoms with E-state index in [9.17, 15) is 4.79 Å². The zero-order valence-electron chi connectivity index (χ0n) is 9.46. The minimum absolute atomic E-state index is 0.0575. The van der Waals surface area contributed by atoms with Gasteiger partial charge in [-0.15, -0.1) is 0 Å². The Morgan fingerprint density at radius 1 is 1.44 bits per heavy atom. The number of fused-ring (bicyclic) bond motifs is 1. The molecule has 1 heterocycles. The van der Waals surface area contributed by atoms with E-state index < -0.39 is 0 Å². The third-order valence-electron chi connectivity index (χ3n) is 2.81. The molecule has 0 spiro atoms. The van der Waals surface area contributed by atoms with Gasteiger partial charge in [0, 0.05) is 16.8 Å². The fraction of sp³-hybridized carbons (Fsp3) is 0.385. The lowest BCUT2D eigenvalue weighted by molar-refractivity contribution is -0.115. The van der Waals surface area contributed by atoms with Crippen molar-refractivity contribution in [3.05, 3.63) is 34.5 Å². The molecule has 0 amide bonds. The van der Waals surface area contributed by atoms with Crippen LogP contribution in [0.4, 0.5) is 0 Å². The highest BCUT2D eigenvalue weighted by atomic mass is 35.5. The molecule has 0 fully saturated rings. The first-order valence-electron chi connectivity index (χ1n) is 5.51. The Kier molecular flexibility index (Phi) is 3.10. The molecule has 0 N–H and O–H groups in total. The second-order valence-corrected chi connectivity index (χ2v) is 4.56. The van der Waals surface area contributed by atoms with Gasteiger partial charge in [0.2, 0.25) is 0 Å². The van der Waals surface area contributed by atoms with Crippen LogP contribution in [0, 0.1) is 5.92 Å². The van der Waals surface area contributed by atoms with Crippen LogP contribution in [-0.2, 0) is 4.79 Å². The predicted molar refractivity (Wildman–Crippen MR) is 66.6 cm³/mol. The first-order chi connectivity index (χ1) is 7.63. The normalized spacial score (nSPS) is 24.2. The summed E-state index contributed by atoms with van der Waals surface area (Å²) in [6.45, 7) is 4.04. The Hall–Kier alpha value is -1.15. The zero-order chi connectivity index (χ0) is 11.7. The Morgan fingerprint density at radius 2 is 2.19 bits per heavy atom. The summed E-state index contributed by atoms with van der Waals surface area (Å²) in [7, 11) is 0. The summed E-state index contributed by atoms with van der Waals surface area (Å²) in [5.41, 5.74) is 2.73. The molecular formula is C13H14ClNO. The minimum Gasteiger partial charge on any atom is -0.294 e. The molecule has 0 radical (unpaired) electrons. The topological polar surface area (TPSA) is 29.4 Å². The maximum absolute atomic E-state index is 12.0. The number of nitrogens with zero attached hydrogens (tertiary/aromatic N) is 1. The maximum Gasteiger partial charge on any atom is 0.171 e. The van der Waals surface area contributed by atoms with Crippen molar-refractivity contribution in [3.63, 3.8) is 0 Å². The van der Waals surface area contributed by atoms with Crippen LogP contribution in [0.25, 0.3) is 0 Å². The predicted octanol–water partition coefficient (Wildman–Crippen LogP) is 3.39. The summed E-state index contributed by atoms with van der Waals surface area (Å²) in [6.07, 6.45) is 7.17. The lowest BCUT2D eigenvalue weighted by atomic mass is 9.86. The van der Waals surface area contributed by atoms with Crippen molar-refractivity contribution in [1.82, 2.24) is 0 Å². The molecule has 0 saturated heterocycles. The molecule has 0 aromatic heterocycles. The maximum atomic E-state index is 12.0. The Morgan fingerprint density at radius 3 is 2.88 bits per heavy atom. The van der Waals surface area contributed by atoms with Crippen molar-refractivity contribution in [3.8, 4) is 0 Å². The minimum atomic E-state index is -0.354. The van der Waals surface area contributed by atoms with E-state index in [1.165, 1.54) is 0 Å². The van der Waals surface area contributed by atoms with Crippen molar-refractivity contribution >= 4 is 23.1 Å². The highest BCUT2D eigenvalue weighted by molar-refractivity contribution is 6.37. The van der Waals surface area contributed by atoms with Gasteiger partial charge >= 0.3 is 0 Å². The molecule has 2 aliphatic rings. The van der Waals surface area contributed by atoms with Gasteiger partial charge in [0.25, 0.3) is 0 Å². The molecule has 84 valence electrons. The number of rotatable bonds is 2. The fourth-order valence-corrected chi connectivity index (χ4v) is 2.26. The molecule has 0 bridgehead atoms. The van der Waals surface area contributed by atoms with Crippen LogP contribution in [0.1, 0.15) is 26.7 Å². The van der Waals surface area contributed by atoms with Gasteiger partial charge in [-0.2, -0.15) is 0 Å². The number of allylic oxidation sites excluding steroid dienone is 6. The number of carbonyl (C=O) groups excluding carboxylic acids is 1. The van der Waals surface area contributed by atoms with Gasteiger partial charge in [-0.3, -0.25) is 9.79 Å². The van der Waals surface area contributed by atoms with E-state index in [0.717, 1.165) is 29.8 Å². The fourth-order valence-electron chi connectivity index (χ4n) is 1.99. The van der Waals surface area contributed by atoms with Crippen LogP contribution >= 0.6 is 11.6 Å². The third kappa shape index (κ3) is 1.90. The van der Waals surface area contributed by atoms with E-state index in [2.05, 4.69) is 11.9 Å². The van der Waals surface area contributed by atoms with Crippen LogP contribution < -0.4 is 0 Å². The van der Waals surface area contributed by atoms with Gasteiger partial charge in [0.1, 0.15) is 0 Å². The molecule has 0 saturated carbocycles. The van der Waals surface area contributed by atoms with Crippen molar-refractivity contribution < 1.29 is 4.79 Å². The highest BCUT2D eigenvalue weighted by Gasteiger charge is 2.32. The van der Waals surface area contributed by atoms with Gasteiger partial charge in [-0.05, 0) is 25.0 Å². The van der Waals surface area contributed by atoms with Crippen molar-refractivity contribution in [2.75, 3.05) is 0 Å². The number of halogens is 1. The molecule has 1 aliphatic carbocycles. The molecule has 16 heavy (non-hydrogen) atoms. The van der Waals surface area contributed by atoms with Crippen LogP contribution in [-0.4, -0.2) is 11.5 Å². The quantitative estimate of drug-likeness (QED) is 0.721. The number of carbonyl (C=O) groups is 1. The van der Waals surface area contributed by atoms with Crippen molar-refractivity contribution in [1.29, 1.82) is 0 Å². The average Bonchev–Trinajstić information content (AvgIpc) is 2.23. The summed E-state index contributed by atoms with van der Waals surface area (Å²) in [4.78, 5) is 16.5. The first-order valence-corrected chi connectivity index (χ1v) is 5.88. The molecule has 1 atom stereocenters. The van der Waals surface area contributed by atoms with E-state index in [-0.39, 0.29) is 11.7 Å². The second kappa shape index (κ2) is 4.38. The highest BCUT2D eigenvalue weighted by Crippen LogP contribution is 2.31. The van der Waals surface area contributed by atoms with Gasteiger partial charge in [0.05, 0.1) is 11.6 Å². The number of aliphatic imine (C=N–C) groups is 1. The SMILES string of the molecule is CCCC1=CC(=O)C2C(Cl)=CC=C(C)C2=N1. The van der Waals surface area contributed by atoms with E-state index in [4.69, 9.17) is 11.6 Å². The first kappa shape index (κ1) is 11.3. The van der Waals surface area contributed by atoms with Crippen molar-refractivity contribution in [2.24, 2.45) is 10.9 Å². The zero-order valence-corrected chi connectivity index (χ0v) is 10.2. The average molecular weight is 236 g/mol. The number of hydrogen-bond acceptors (Lipinski definition) is 2. The summed E-state index contributed by atoms with van der Waals surface area (Å²) < 4.78 is 0. The Balaban J connectivity index is 2.41. The third-order valence-corrected chi connectivity index (χ3v) is 3.15. The molecule has 0 aromatic carbocycles. The van der Waals surface area contributed by atoms with Crippen LogP contribution in [0.2, 0.25) is 0 Å². The molecular weight excluding hydrogens is 222 g/mol. The van der Waals surface area contributed by atoms with Crippen LogP contribution in [0.15, 0.2) is 39.5 Å². The second-order valence-electron chi connectivity index (χ2n) is 4.12. The lowest BCUT2D eigenvalue weighted by Gasteiger charge is -2.24. The largest absolute Gasteiger partial charge is 0.294 e. The molecule has 0 aromatic rings. The van der Waals surface area contributed by atoms with Crippen LogP contribution in [0.5, 0.6) is 0 Å². The Bertz CT molecular complexity index is 455. The van der Waals surface area contributed by atoms with E-state index in [1.807, 2.05) is 13.0 Å². The Labute approximate surface area is 100 Å². The van der Waals surface area contributed by atoms with Gasteiger partial charge in [0.15, 0.2) is 5.78 Å². The summed E-state index contributed by atoms with van der Waals surface area (Å²) in [5.74, 6) is -0.297. The summed E-state index contributed by atoms with van der Waals surface area (Å²) in [5, 5.41) is 0.571. The molecule has 3 heteroatoms. The smallest absolute Gasteiger partial charge is 0.171 e. The van der Waals surface area contributed by atoms with Crippen LogP contribution in [0.3, 0.4) is 0 Å². The molecule has 2 nitrogen and oxygen atoms in total. The van der Waals surface area contributed by atoms with E-state index in [1.54, 1.807) is 12.2 Å². The monoisotopic (exact) mass is 235 g/mol. The van der Waals surface area contributed by atoms with Gasteiger partial charge in [-0.25, -0.2) is 0 Å². The number of ketones is 1. The van der Waals surface area contributed by atoms with E-state index in [0.29, 0.717) is 5.03 Å². The molecule has 1 aliphatic heterocycles. The van der Waals surface area contributed by atoms with Gasteiger partial charge < -0.3 is 0 Å². The standard InChI is InChI=1S/C13H14ClNO/c1-3-4-9-7-11(16)12-10(14)6-5-8(2)13(12)15-9/h5-7,12H,3-4H2,1-2H3. The summed E-state index contributed by atoms with van der Waals surface area (Å²) >= 11 is 6.06. The summed E-state index contributed by atoms with van der Waals surface area (Å²) in [6, 6.07) is 0. The van der Waals surface area contributed by atoms with Crippen molar-refractivity contribution in [2.45, 2.75) is 26.7 Å². The molecule has 2 rings (SSSR count). The molecule has 1 unspecified atom stereocenters.